The molecule has 0 unspecified atom stereocenters. The Morgan fingerprint density at radius 2 is 2.00 bits per heavy atom. The SMILES string of the molecule is COCCN(Cc1ccc(F)cc1)C(=O)[C@H]1CC1(C)C. The molecular weight excluding hydrogens is 257 g/mol. The average molecular weight is 279 g/mol. The number of amides is 1. The zero-order valence-corrected chi connectivity index (χ0v) is 12.4. The molecule has 0 radical (unpaired) electrons. The maximum Gasteiger partial charge on any atom is 0.226 e. The monoisotopic (exact) mass is 279 g/mol. The van der Waals surface area contributed by atoms with Gasteiger partial charge in [-0.05, 0) is 29.5 Å². The van der Waals surface area contributed by atoms with E-state index in [2.05, 4.69) is 13.8 Å². The van der Waals surface area contributed by atoms with E-state index >= 15 is 0 Å². The van der Waals surface area contributed by atoms with E-state index in [9.17, 15) is 9.18 Å². The Morgan fingerprint density at radius 3 is 2.50 bits per heavy atom. The van der Waals surface area contributed by atoms with Crippen LogP contribution in [0.4, 0.5) is 4.39 Å². The molecule has 4 heteroatoms. The van der Waals surface area contributed by atoms with Crippen molar-refractivity contribution in [2.75, 3.05) is 20.3 Å². The standard InChI is InChI=1S/C16H22FNO2/c1-16(2)10-14(16)15(19)18(8-9-20-3)11-12-4-6-13(17)7-5-12/h4-7,14H,8-11H2,1-3H3/t14-/m1/s1. The predicted octanol–water partition coefficient (Wildman–Crippen LogP) is 2.85. The number of carbonyl (C=O) groups is 1. The quantitative estimate of drug-likeness (QED) is 0.801. The van der Waals surface area contributed by atoms with Crippen LogP contribution in [0, 0.1) is 17.2 Å². The van der Waals surface area contributed by atoms with Crippen LogP contribution in [0.1, 0.15) is 25.8 Å². The van der Waals surface area contributed by atoms with Crippen molar-refractivity contribution in [3.8, 4) is 0 Å². The predicted molar refractivity (Wildman–Crippen MR) is 75.6 cm³/mol. The van der Waals surface area contributed by atoms with Crippen LogP contribution in [0.3, 0.4) is 0 Å². The van der Waals surface area contributed by atoms with Crippen LogP contribution < -0.4 is 0 Å². The first-order valence-electron chi connectivity index (χ1n) is 6.96. The first kappa shape index (κ1) is 15.0. The van der Waals surface area contributed by atoms with Crippen molar-refractivity contribution in [3.63, 3.8) is 0 Å². The summed E-state index contributed by atoms with van der Waals surface area (Å²) in [4.78, 5) is 14.3. The number of hydrogen-bond acceptors (Lipinski definition) is 2. The van der Waals surface area contributed by atoms with Crippen molar-refractivity contribution in [2.45, 2.75) is 26.8 Å². The normalized spacial score (nSPS) is 19.7. The third-order valence-electron chi connectivity index (χ3n) is 3.98. The molecule has 1 fully saturated rings. The van der Waals surface area contributed by atoms with Gasteiger partial charge in [-0.1, -0.05) is 26.0 Å². The molecule has 0 saturated heterocycles. The number of carbonyl (C=O) groups excluding carboxylic acids is 1. The average Bonchev–Trinajstić information content (AvgIpc) is 3.05. The van der Waals surface area contributed by atoms with Crippen LogP contribution in [-0.4, -0.2) is 31.1 Å². The zero-order valence-electron chi connectivity index (χ0n) is 12.4. The van der Waals surface area contributed by atoms with E-state index in [0.29, 0.717) is 19.7 Å². The smallest absolute Gasteiger partial charge is 0.226 e. The third kappa shape index (κ3) is 3.57. The van der Waals surface area contributed by atoms with Crippen LogP contribution in [0.2, 0.25) is 0 Å². The van der Waals surface area contributed by atoms with Crippen molar-refractivity contribution in [1.82, 2.24) is 4.90 Å². The highest BCUT2D eigenvalue weighted by atomic mass is 19.1. The van der Waals surface area contributed by atoms with Crippen LogP contribution >= 0.6 is 0 Å². The zero-order chi connectivity index (χ0) is 14.8. The molecule has 3 nitrogen and oxygen atoms in total. The van der Waals surface area contributed by atoms with E-state index < -0.39 is 0 Å². The fourth-order valence-corrected chi connectivity index (χ4v) is 2.39. The van der Waals surface area contributed by atoms with Crippen LogP contribution in [-0.2, 0) is 16.1 Å². The molecule has 0 aliphatic heterocycles. The molecule has 1 amide bonds. The van der Waals surface area contributed by atoms with Crippen molar-refractivity contribution in [2.24, 2.45) is 11.3 Å². The first-order valence-corrected chi connectivity index (χ1v) is 6.96. The van der Waals surface area contributed by atoms with Crippen LogP contribution in [0.15, 0.2) is 24.3 Å². The summed E-state index contributed by atoms with van der Waals surface area (Å²) in [7, 11) is 1.63. The summed E-state index contributed by atoms with van der Waals surface area (Å²) in [5, 5.41) is 0. The molecule has 0 N–H and O–H groups in total. The van der Waals surface area contributed by atoms with Crippen molar-refractivity contribution >= 4 is 5.91 Å². The van der Waals surface area contributed by atoms with Gasteiger partial charge in [-0.15, -0.1) is 0 Å². The lowest BCUT2D eigenvalue weighted by Gasteiger charge is -2.23. The lowest BCUT2D eigenvalue weighted by atomic mass is 10.1. The van der Waals surface area contributed by atoms with E-state index in [1.54, 1.807) is 19.2 Å². The maximum atomic E-state index is 12.9. The van der Waals surface area contributed by atoms with Crippen LogP contribution in [0.25, 0.3) is 0 Å². The molecule has 1 aliphatic carbocycles. The van der Waals surface area contributed by atoms with Gasteiger partial charge in [0.1, 0.15) is 5.82 Å². The Balaban J connectivity index is 2.03. The lowest BCUT2D eigenvalue weighted by Crippen LogP contribution is -2.35. The fourth-order valence-electron chi connectivity index (χ4n) is 2.39. The molecule has 0 aromatic heterocycles. The topological polar surface area (TPSA) is 29.5 Å². The summed E-state index contributed by atoms with van der Waals surface area (Å²) < 4.78 is 18.0. The van der Waals surface area contributed by atoms with E-state index in [0.717, 1.165) is 12.0 Å². The maximum absolute atomic E-state index is 12.9. The van der Waals surface area contributed by atoms with E-state index in [-0.39, 0.29) is 23.1 Å². The minimum absolute atomic E-state index is 0.111. The number of benzene rings is 1. The second-order valence-electron chi connectivity index (χ2n) is 6.12. The molecule has 0 heterocycles. The summed E-state index contributed by atoms with van der Waals surface area (Å²) in [5.74, 6) is 0.0306. The van der Waals surface area contributed by atoms with E-state index in [1.165, 1.54) is 12.1 Å². The van der Waals surface area contributed by atoms with Crippen molar-refractivity contribution in [3.05, 3.63) is 35.6 Å². The number of halogens is 1. The number of methoxy groups -OCH3 is 1. The van der Waals surface area contributed by atoms with Gasteiger partial charge in [-0.25, -0.2) is 4.39 Å². The van der Waals surface area contributed by atoms with Gasteiger partial charge >= 0.3 is 0 Å². The van der Waals surface area contributed by atoms with Gasteiger partial charge < -0.3 is 9.64 Å². The summed E-state index contributed by atoms with van der Waals surface area (Å²) in [6.07, 6.45) is 0.943. The molecule has 2 rings (SSSR count). The van der Waals surface area contributed by atoms with E-state index in [1.807, 2.05) is 4.90 Å². The highest BCUT2D eigenvalue weighted by Crippen LogP contribution is 2.52. The van der Waals surface area contributed by atoms with Gasteiger partial charge in [-0.2, -0.15) is 0 Å². The summed E-state index contributed by atoms with van der Waals surface area (Å²) in [6, 6.07) is 6.30. The molecular formula is C16H22FNO2. The van der Waals surface area contributed by atoms with E-state index in [4.69, 9.17) is 4.74 Å². The second kappa shape index (κ2) is 5.92. The Bertz CT molecular complexity index is 470. The van der Waals surface area contributed by atoms with Crippen LogP contribution in [0.5, 0.6) is 0 Å². The molecule has 1 saturated carbocycles. The fraction of sp³-hybridized carbons (Fsp3) is 0.562. The summed E-state index contributed by atoms with van der Waals surface area (Å²) >= 11 is 0. The van der Waals surface area contributed by atoms with Gasteiger partial charge in [0.25, 0.3) is 0 Å². The Labute approximate surface area is 119 Å². The third-order valence-corrected chi connectivity index (χ3v) is 3.98. The number of hydrogen-bond donors (Lipinski definition) is 0. The molecule has 110 valence electrons. The summed E-state index contributed by atoms with van der Waals surface area (Å²) in [6.45, 7) is 5.82. The molecule has 0 spiro atoms. The summed E-state index contributed by atoms with van der Waals surface area (Å²) in [5.41, 5.74) is 1.06. The minimum Gasteiger partial charge on any atom is -0.383 e. The Morgan fingerprint density at radius 1 is 1.40 bits per heavy atom. The first-order chi connectivity index (χ1) is 9.44. The minimum atomic E-state index is -0.258. The molecule has 0 bridgehead atoms. The number of nitrogens with zero attached hydrogens (tertiary/aromatic N) is 1. The Hall–Kier alpha value is -1.42. The molecule has 1 aromatic rings. The molecule has 1 aromatic carbocycles. The number of rotatable bonds is 6. The number of ether oxygens (including phenoxy) is 1. The lowest BCUT2D eigenvalue weighted by molar-refractivity contribution is -0.134. The molecule has 1 aliphatic rings. The van der Waals surface area contributed by atoms with Gasteiger partial charge in [-0.3, -0.25) is 4.79 Å². The highest BCUT2D eigenvalue weighted by molar-refractivity contribution is 5.82. The Kier molecular flexibility index (Phi) is 4.43. The van der Waals surface area contributed by atoms with Crippen molar-refractivity contribution in [1.29, 1.82) is 0 Å². The highest BCUT2D eigenvalue weighted by Gasteiger charge is 2.51. The second-order valence-corrected chi connectivity index (χ2v) is 6.12. The molecule has 1 atom stereocenters. The van der Waals surface area contributed by atoms with Crippen molar-refractivity contribution < 1.29 is 13.9 Å². The van der Waals surface area contributed by atoms with Gasteiger partial charge in [0.05, 0.1) is 6.61 Å². The van der Waals surface area contributed by atoms with Gasteiger partial charge in [0.15, 0.2) is 0 Å². The molecule has 20 heavy (non-hydrogen) atoms. The van der Waals surface area contributed by atoms with Gasteiger partial charge in [0.2, 0.25) is 5.91 Å². The largest absolute Gasteiger partial charge is 0.383 e. The van der Waals surface area contributed by atoms with Gasteiger partial charge in [0, 0.05) is 26.1 Å².